The minimum atomic E-state index is -0.239. The number of halogens is 1. The van der Waals surface area contributed by atoms with E-state index in [9.17, 15) is 5.26 Å². The number of nitriles is 1. The lowest BCUT2D eigenvalue weighted by Crippen LogP contribution is -2.02. The monoisotopic (exact) mass is 299 g/mol. The molecule has 0 N–H and O–H groups in total. The summed E-state index contributed by atoms with van der Waals surface area (Å²) in [6.07, 6.45) is 1.55. The normalized spacial score (nSPS) is 11.7. The Balaban J connectivity index is 2.28. The fourth-order valence-corrected chi connectivity index (χ4v) is 2.72. The van der Waals surface area contributed by atoms with Crippen LogP contribution in [0.1, 0.15) is 29.5 Å². The summed E-state index contributed by atoms with van der Waals surface area (Å²) >= 11 is 6.20. The molecule has 0 saturated heterocycles. The maximum Gasteiger partial charge on any atom is 0.122 e. The lowest BCUT2D eigenvalue weighted by Gasteiger charge is -2.13. The van der Waals surface area contributed by atoms with Crippen LogP contribution in [0.5, 0.6) is 5.75 Å². The molecule has 2 rings (SSSR count). The Kier molecular flexibility index (Phi) is 5.25. The SMILES string of the molecule is CCc1cc(CC(C#N)c2ccccc2Cl)ccc1OC. The Labute approximate surface area is 130 Å². The standard InChI is InChI=1S/C18H18ClNO/c1-3-14-10-13(8-9-18(14)21-2)11-15(12-20)16-6-4-5-7-17(16)19/h4-10,15H,3,11H2,1-2H3. The van der Waals surface area contributed by atoms with Crippen LogP contribution in [0, 0.1) is 11.3 Å². The van der Waals surface area contributed by atoms with Gasteiger partial charge in [0.15, 0.2) is 0 Å². The van der Waals surface area contributed by atoms with Gasteiger partial charge in [0.2, 0.25) is 0 Å². The van der Waals surface area contributed by atoms with Gasteiger partial charge in [-0.15, -0.1) is 0 Å². The van der Waals surface area contributed by atoms with E-state index in [0.29, 0.717) is 11.4 Å². The van der Waals surface area contributed by atoms with E-state index in [1.54, 1.807) is 7.11 Å². The van der Waals surface area contributed by atoms with Crippen molar-refractivity contribution >= 4 is 11.6 Å². The van der Waals surface area contributed by atoms with Crippen LogP contribution in [0.4, 0.5) is 0 Å². The molecule has 3 heteroatoms. The molecule has 0 bridgehead atoms. The van der Waals surface area contributed by atoms with Gasteiger partial charge < -0.3 is 4.74 Å². The molecule has 2 aromatic carbocycles. The highest BCUT2D eigenvalue weighted by atomic mass is 35.5. The maximum atomic E-state index is 9.46. The number of benzene rings is 2. The molecule has 0 aromatic heterocycles. The van der Waals surface area contributed by atoms with Gasteiger partial charge in [-0.2, -0.15) is 5.26 Å². The fourth-order valence-electron chi connectivity index (χ4n) is 2.45. The lowest BCUT2D eigenvalue weighted by atomic mass is 9.92. The molecule has 108 valence electrons. The Morgan fingerprint density at radius 3 is 2.62 bits per heavy atom. The maximum absolute atomic E-state index is 9.46. The minimum Gasteiger partial charge on any atom is -0.496 e. The van der Waals surface area contributed by atoms with E-state index in [0.717, 1.165) is 28.9 Å². The Hall–Kier alpha value is -1.98. The topological polar surface area (TPSA) is 33.0 Å². The quantitative estimate of drug-likeness (QED) is 0.797. The third-order valence-electron chi connectivity index (χ3n) is 3.60. The van der Waals surface area contributed by atoms with Crippen molar-refractivity contribution in [3.05, 3.63) is 64.2 Å². The first-order valence-corrected chi connectivity index (χ1v) is 7.37. The number of hydrogen-bond donors (Lipinski definition) is 0. The smallest absolute Gasteiger partial charge is 0.122 e. The second-order valence-corrected chi connectivity index (χ2v) is 5.31. The molecular formula is C18H18ClNO. The number of methoxy groups -OCH3 is 1. The minimum absolute atomic E-state index is 0.239. The molecule has 0 radical (unpaired) electrons. The summed E-state index contributed by atoms with van der Waals surface area (Å²) in [5.41, 5.74) is 3.17. The van der Waals surface area contributed by atoms with Crippen molar-refractivity contribution in [1.82, 2.24) is 0 Å². The molecule has 0 aliphatic heterocycles. The summed E-state index contributed by atoms with van der Waals surface area (Å²) in [4.78, 5) is 0. The van der Waals surface area contributed by atoms with E-state index >= 15 is 0 Å². The summed E-state index contributed by atoms with van der Waals surface area (Å²) in [6.45, 7) is 2.09. The molecule has 2 nitrogen and oxygen atoms in total. The zero-order valence-electron chi connectivity index (χ0n) is 12.3. The van der Waals surface area contributed by atoms with Gasteiger partial charge >= 0.3 is 0 Å². The molecule has 0 aliphatic carbocycles. The van der Waals surface area contributed by atoms with Crippen molar-refractivity contribution in [1.29, 1.82) is 5.26 Å². The Morgan fingerprint density at radius 1 is 1.24 bits per heavy atom. The van der Waals surface area contributed by atoms with Crippen LogP contribution < -0.4 is 4.74 Å². The summed E-state index contributed by atoms with van der Waals surface area (Å²) < 4.78 is 5.34. The molecule has 0 spiro atoms. The van der Waals surface area contributed by atoms with Crippen LogP contribution in [0.2, 0.25) is 5.02 Å². The van der Waals surface area contributed by atoms with E-state index in [1.807, 2.05) is 36.4 Å². The summed E-state index contributed by atoms with van der Waals surface area (Å²) in [5.74, 6) is 0.657. The first-order chi connectivity index (χ1) is 10.2. The van der Waals surface area contributed by atoms with Gasteiger partial charge in [-0.05, 0) is 41.7 Å². The average molecular weight is 300 g/mol. The average Bonchev–Trinajstić information content (AvgIpc) is 2.53. The number of rotatable bonds is 5. The molecule has 0 aliphatic rings. The van der Waals surface area contributed by atoms with Crippen LogP contribution in [0.3, 0.4) is 0 Å². The van der Waals surface area contributed by atoms with Gasteiger partial charge in [0, 0.05) is 5.02 Å². The Bertz CT molecular complexity index is 661. The summed E-state index contributed by atoms with van der Waals surface area (Å²) in [7, 11) is 1.68. The Morgan fingerprint density at radius 2 is 2.00 bits per heavy atom. The number of nitrogens with zero attached hydrogens (tertiary/aromatic N) is 1. The first-order valence-electron chi connectivity index (χ1n) is 6.99. The van der Waals surface area contributed by atoms with Gasteiger partial charge in [-0.1, -0.05) is 48.9 Å². The van der Waals surface area contributed by atoms with Gasteiger partial charge in [0.1, 0.15) is 5.75 Å². The van der Waals surface area contributed by atoms with Gasteiger partial charge in [0.25, 0.3) is 0 Å². The highest BCUT2D eigenvalue weighted by molar-refractivity contribution is 6.31. The highest BCUT2D eigenvalue weighted by Crippen LogP contribution is 2.28. The van der Waals surface area contributed by atoms with E-state index < -0.39 is 0 Å². The van der Waals surface area contributed by atoms with E-state index in [2.05, 4.69) is 19.1 Å². The molecule has 1 unspecified atom stereocenters. The molecule has 0 heterocycles. The molecule has 0 amide bonds. The van der Waals surface area contributed by atoms with Crippen molar-refractivity contribution in [2.75, 3.05) is 7.11 Å². The van der Waals surface area contributed by atoms with Gasteiger partial charge in [-0.25, -0.2) is 0 Å². The van der Waals surface area contributed by atoms with Crippen molar-refractivity contribution in [2.24, 2.45) is 0 Å². The number of hydrogen-bond acceptors (Lipinski definition) is 2. The van der Waals surface area contributed by atoms with Crippen LogP contribution >= 0.6 is 11.6 Å². The number of ether oxygens (including phenoxy) is 1. The summed E-state index contributed by atoms with van der Waals surface area (Å²) in [6, 6.07) is 16.0. The fraction of sp³-hybridized carbons (Fsp3) is 0.278. The van der Waals surface area contributed by atoms with Crippen LogP contribution in [0.15, 0.2) is 42.5 Å². The van der Waals surface area contributed by atoms with Gasteiger partial charge in [0.05, 0.1) is 19.1 Å². The molecule has 0 saturated carbocycles. The van der Waals surface area contributed by atoms with Crippen molar-refractivity contribution in [3.63, 3.8) is 0 Å². The largest absolute Gasteiger partial charge is 0.496 e. The third-order valence-corrected chi connectivity index (χ3v) is 3.95. The number of aryl methyl sites for hydroxylation is 1. The first kappa shape index (κ1) is 15.4. The lowest BCUT2D eigenvalue weighted by molar-refractivity contribution is 0.410. The molecule has 0 fully saturated rings. The van der Waals surface area contributed by atoms with Gasteiger partial charge in [-0.3, -0.25) is 0 Å². The van der Waals surface area contributed by atoms with Crippen LogP contribution in [-0.4, -0.2) is 7.11 Å². The van der Waals surface area contributed by atoms with E-state index in [1.165, 1.54) is 0 Å². The molecule has 21 heavy (non-hydrogen) atoms. The predicted molar refractivity (Wildman–Crippen MR) is 85.9 cm³/mol. The van der Waals surface area contributed by atoms with Crippen LogP contribution in [0.25, 0.3) is 0 Å². The van der Waals surface area contributed by atoms with Crippen LogP contribution in [-0.2, 0) is 12.8 Å². The zero-order chi connectivity index (χ0) is 15.2. The van der Waals surface area contributed by atoms with E-state index in [4.69, 9.17) is 16.3 Å². The summed E-state index contributed by atoms with van der Waals surface area (Å²) in [5, 5.41) is 10.1. The molecule has 2 aromatic rings. The van der Waals surface area contributed by atoms with Crippen molar-refractivity contribution in [2.45, 2.75) is 25.7 Å². The second-order valence-electron chi connectivity index (χ2n) is 4.91. The zero-order valence-corrected chi connectivity index (χ0v) is 13.0. The molecule has 1 atom stereocenters. The predicted octanol–water partition coefficient (Wildman–Crippen LogP) is 4.76. The third kappa shape index (κ3) is 3.56. The second kappa shape index (κ2) is 7.15. The highest BCUT2D eigenvalue weighted by Gasteiger charge is 2.15. The van der Waals surface area contributed by atoms with Crippen molar-refractivity contribution in [3.8, 4) is 11.8 Å². The van der Waals surface area contributed by atoms with E-state index in [-0.39, 0.29) is 5.92 Å². The van der Waals surface area contributed by atoms with Crippen molar-refractivity contribution < 1.29 is 4.74 Å². The molecular weight excluding hydrogens is 282 g/mol.